The fourth-order valence-electron chi connectivity index (χ4n) is 6.36. The fraction of sp³-hybridized carbons (Fsp3) is 0.279. The molecule has 0 bridgehead atoms. The topological polar surface area (TPSA) is 131 Å². The summed E-state index contributed by atoms with van der Waals surface area (Å²) < 4.78 is 1.95. The molecule has 1 aliphatic rings. The van der Waals surface area contributed by atoms with Crippen LogP contribution in [0.5, 0.6) is 0 Å². The van der Waals surface area contributed by atoms with Crippen molar-refractivity contribution >= 4 is 46.2 Å². The highest BCUT2D eigenvalue weighted by molar-refractivity contribution is 7.99. The Morgan fingerprint density at radius 3 is 1.26 bits per heavy atom. The molecule has 0 aliphatic heterocycles. The van der Waals surface area contributed by atoms with Gasteiger partial charge >= 0.3 is 0 Å². The number of aliphatic hydroxyl groups is 6. The van der Waals surface area contributed by atoms with Crippen LogP contribution in [0.1, 0.15) is 11.1 Å². The predicted molar refractivity (Wildman–Crippen MR) is 220 cm³/mol. The van der Waals surface area contributed by atoms with Crippen molar-refractivity contribution in [3.63, 3.8) is 0 Å². The minimum absolute atomic E-state index is 0.0366. The van der Waals surface area contributed by atoms with E-state index in [4.69, 9.17) is 0 Å². The number of hydrogen-bond donors (Lipinski definition) is 6. The Morgan fingerprint density at radius 2 is 0.889 bits per heavy atom. The van der Waals surface area contributed by atoms with Gasteiger partial charge in [-0.05, 0) is 83.0 Å². The minimum atomic E-state index is -0.0494. The number of nitrogens with zero attached hydrogens (tertiary/aromatic N) is 3. The van der Waals surface area contributed by atoms with Gasteiger partial charge in [0.25, 0.3) is 0 Å². The Morgan fingerprint density at radius 1 is 0.481 bits per heavy atom. The molecule has 0 fully saturated rings. The van der Waals surface area contributed by atoms with E-state index in [1.165, 1.54) is 0 Å². The Bertz CT molecular complexity index is 1770. The van der Waals surface area contributed by atoms with Gasteiger partial charge in [0, 0.05) is 69.3 Å². The first-order valence-corrected chi connectivity index (χ1v) is 19.8. The lowest BCUT2D eigenvalue weighted by molar-refractivity contribution is -0.530. The molecule has 0 saturated carbocycles. The minimum Gasteiger partial charge on any atom is -0.395 e. The van der Waals surface area contributed by atoms with E-state index in [9.17, 15) is 30.6 Å². The van der Waals surface area contributed by atoms with Gasteiger partial charge in [-0.2, -0.15) is 0 Å². The molecule has 0 atom stereocenters. The molecule has 4 aromatic carbocycles. The summed E-state index contributed by atoms with van der Waals surface area (Å²) in [5.74, 6) is 0. The van der Waals surface area contributed by atoms with Crippen molar-refractivity contribution in [2.24, 2.45) is 0 Å². The highest BCUT2D eigenvalue weighted by Gasteiger charge is 2.23. The molecule has 284 valence electrons. The van der Waals surface area contributed by atoms with Gasteiger partial charge < -0.3 is 40.4 Å². The molecule has 1 aliphatic carbocycles. The normalized spacial score (nSPS) is 12.3. The zero-order valence-corrected chi connectivity index (χ0v) is 32.0. The van der Waals surface area contributed by atoms with Crippen LogP contribution in [-0.2, 0) is 0 Å². The molecule has 5 rings (SSSR count). The molecule has 4 aromatic rings. The number of allylic oxidation sites excluding steroid dienone is 5. The van der Waals surface area contributed by atoms with E-state index in [0.717, 1.165) is 58.9 Å². The molecule has 54 heavy (non-hydrogen) atoms. The first-order valence-electron chi connectivity index (χ1n) is 18.2. The lowest BCUT2D eigenvalue weighted by atomic mass is 9.90. The Hall–Kier alpha value is -4.17. The Labute approximate surface area is 326 Å². The summed E-state index contributed by atoms with van der Waals surface area (Å²) in [6.07, 6.45) is 8.20. The molecule has 6 N–H and O–H groups in total. The number of benzene rings is 4. The number of rotatable bonds is 20. The van der Waals surface area contributed by atoms with Gasteiger partial charge in [0.15, 0.2) is 18.8 Å². The smallest absolute Gasteiger partial charge is 0.200 e. The first kappa shape index (κ1) is 41.0. The van der Waals surface area contributed by atoms with Gasteiger partial charge in [0.1, 0.15) is 13.2 Å². The van der Waals surface area contributed by atoms with Crippen LogP contribution in [0.15, 0.2) is 147 Å². The molecule has 0 aromatic heterocycles. The summed E-state index contributed by atoms with van der Waals surface area (Å²) in [5.41, 5.74) is 6.58. The van der Waals surface area contributed by atoms with Crippen molar-refractivity contribution in [2.75, 3.05) is 88.7 Å². The Kier molecular flexibility index (Phi) is 16.4. The molecule has 0 unspecified atom stereocenters. The van der Waals surface area contributed by atoms with Crippen LogP contribution < -0.4 is 9.80 Å². The Balaban J connectivity index is 1.79. The SMILES string of the molecule is OCCN(CCO)c1ccc(C(=C2C=CC(=[N+](CCO)CCO)C=C2)c2ccc(N(CCO)CCO)cc2Sc2ccccc2)c(Sc2ccccc2)c1. The zero-order chi connectivity index (χ0) is 38.1. The quantitative estimate of drug-likeness (QED) is 0.0689. The summed E-state index contributed by atoms with van der Waals surface area (Å²) in [6, 6.07) is 32.9. The van der Waals surface area contributed by atoms with E-state index >= 15 is 0 Å². The summed E-state index contributed by atoms with van der Waals surface area (Å²) in [5, 5.41) is 59.0. The van der Waals surface area contributed by atoms with Crippen LogP contribution in [0.4, 0.5) is 11.4 Å². The molecule has 9 nitrogen and oxygen atoms in total. The second-order valence-corrected chi connectivity index (χ2v) is 14.6. The zero-order valence-electron chi connectivity index (χ0n) is 30.4. The highest BCUT2D eigenvalue weighted by atomic mass is 32.2. The molecule has 0 spiro atoms. The molecule has 0 radical (unpaired) electrons. The van der Waals surface area contributed by atoms with Crippen molar-refractivity contribution in [2.45, 2.75) is 19.6 Å². The van der Waals surface area contributed by atoms with E-state index < -0.39 is 0 Å². The first-order chi connectivity index (χ1) is 26.5. The fourth-order valence-corrected chi connectivity index (χ4v) is 8.37. The van der Waals surface area contributed by atoms with Crippen LogP contribution in [0.3, 0.4) is 0 Å². The van der Waals surface area contributed by atoms with Gasteiger partial charge in [-0.25, -0.2) is 4.58 Å². The largest absolute Gasteiger partial charge is 0.395 e. The third-order valence-electron chi connectivity index (χ3n) is 8.88. The molecule has 11 heteroatoms. The highest BCUT2D eigenvalue weighted by Crippen LogP contribution is 2.45. The van der Waals surface area contributed by atoms with Gasteiger partial charge in [0.2, 0.25) is 0 Å². The number of anilines is 2. The van der Waals surface area contributed by atoms with Crippen LogP contribution in [0.25, 0.3) is 5.57 Å². The van der Waals surface area contributed by atoms with E-state index in [0.29, 0.717) is 39.3 Å². The average Bonchev–Trinajstić information content (AvgIpc) is 3.20. The molecular formula is C43H50N3O6S2+. The average molecular weight is 769 g/mol. The maximum absolute atomic E-state index is 9.88. The van der Waals surface area contributed by atoms with Crippen molar-refractivity contribution < 1.29 is 35.2 Å². The number of aliphatic hydroxyl groups excluding tert-OH is 6. The standard InChI is InChI=1S/C43H50N3O6S2/c47-25-19-44(20-26-48)34-13-11-33(12-14-34)43(39-17-15-35(45(21-27-49)22-28-50)31-41(39)53-37-7-3-1-4-8-37)40-18-16-36(46(23-29-51)24-30-52)32-42(40)54-38-9-5-2-6-10-38/h1-18,31-32,47-52H,19-30H2/q+1. The van der Waals surface area contributed by atoms with E-state index in [-0.39, 0.29) is 39.6 Å². The molecule has 0 saturated heterocycles. The third kappa shape index (κ3) is 11.0. The third-order valence-corrected chi connectivity index (χ3v) is 11.0. The van der Waals surface area contributed by atoms with Crippen LogP contribution >= 0.6 is 23.5 Å². The van der Waals surface area contributed by atoms with Gasteiger partial charge in [0.05, 0.1) is 26.4 Å². The van der Waals surface area contributed by atoms with Crippen molar-refractivity contribution in [3.05, 3.63) is 138 Å². The molecule has 0 heterocycles. The van der Waals surface area contributed by atoms with Crippen LogP contribution in [0, 0.1) is 0 Å². The molecular weight excluding hydrogens is 719 g/mol. The van der Waals surface area contributed by atoms with Crippen molar-refractivity contribution in [1.29, 1.82) is 0 Å². The van der Waals surface area contributed by atoms with Crippen molar-refractivity contribution in [3.8, 4) is 0 Å². The predicted octanol–water partition coefficient (Wildman–Crippen LogP) is 4.94. The second kappa shape index (κ2) is 21.7. The van der Waals surface area contributed by atoms with Gasteiger partial charge in [-0.3, -0.25) is 0 Å². The summed E-state index contributed by atoms with van der Waals surface area (Å²) >= 11 is 3.29. The molecule has 0 amide bonds. The summed E-state index contributed by atoms with van der Waals surface area (Å²) in [6.45, 7) is 2.03. The monoisotopic (exact) mass is 768 g/mol. The lowest BCUT2D eigenvalue weighted by Gasteiger charge is -2.27. The maximum Gasteiger partial charge on any atom is 0.200 e. The van der Waals surface area contributed by atoms with Crippen LogP contribution in [-0.4, -0.2) is 120 Å². The van der Waals surface area contributed by atoms with Crippen LogP contribution in [0.2, 0.25) is 0 Å². The van der Waals surface area contributed by atoms with E-state index in [1.807, 2.05) is 75.1 Å². The van der Waals surface area contributed by atoms with E-state index in [2.05, 4.69) is 60.7 Å². The maximum atomic E-state index is 9.88. The van der Waals surface area contributed by atoms with Gasteiger partial charge in [-0.15, -0.1) is 0 Å². The summed E-state index contributed by atoms with van der Waals surface area (Å²) in [4.78, 5) is 8.05. The number of hydrogen-bond acceptors (Lipinski definition) is 10. The van der Waals surface area contributed by atoms with Gasteiger partial charge in [-0.1, -0.05) is 72.1 Å². The summed E-state index contributed by atoms with van der Waals surface area (Å²) in [7, 11) is 0. The lowest BCUT2D eigenvalue weighted by Crippen LogP contribution is -2.29. The van der Waals surface area contributed by atoms with E-state index in [1.54, 1.807) is 23.5 Å². The van der Waals surface area contributed by atoms with Crippen molar-refractivity contribution in [1.82, 2.24) is 0 Å². The second-order valence-electron chi connectivity index (χ2n) is 12.4.